The lowest BCUT2D eigenvalue weighted by molar-refractivity contribution is 0.0804. The van der Waals surface area contributed by atoms with Gasteiger partial charge >= 0.3 is 0 Å². The maximum atomic E-state index is 12.9. The van der Waals surface area contributed by atoms with Crippen LogP contribution in [-0.2, 0) is 0 Å². The first-order chi connectivity index (χ1) is 7.56. The summed E-state index contributed by atoms with van der Waals surface area (Å²) in [5.74, 6) is 0.0157. The standard InChI is InChI=1S/C10H14FN3OS/c1-14(3-4-16-2)10(15)8-5-7(11)6-13-9(8)12/h5-6H,3-4H2,1-2H3,(H2,12,13). The molecule has 1 heterocycles. The van der Waals surface area contributed by atoms with Gasteiger partial charge in [0.15, 0.2) is 0 Å². The number of rotatable bonds is 4. The van der Waals surface area contributed by atoms with Gasteiger partial charge in [0.25, 0.3) is 5.91 Å². The molecule has 0 aliphatic heterocycles. The van der Waals surface area contributed by atoms with Crippen LogP contribution in [0.15, 0.2) is 12.3 Å². The van der Waals surface area contributed by atoms with Crippen LogP contribution in [-0.4, -0.2) is 41.4 Å². The molecule has 2 N–H and O–H groups in total. The van der Waals surface area contributed by atoms with Crippen LogP contribution in [0.2, 0.25) is 0 Å². The molecule has 6 heteroatoms. The predicted molar refractivity (Wildman–Crippen MR) is 63.9 cm³/mol. The minimum atomic E-state index is -0.559. The topological polar surface area (TPSA) is 59.2 Å². The Kier molecular flexibility index (Phi) is 4.54. The van der Waals surface area contributed by atoms with E-state index in [2.05, 4.69) is 4.98 Å². The number of nitrogen functional groups attached to an aromatic ring is 1. The molecule has 0 bridgehead atoms. The molecule has 0 unspecified atom stereocenters. The van der Waals surface area contributed by atoms with E-state index in [1.165, 1.54) is 4.90 Å². The zero-order valence-electron chi connectivity index (χ0n) is 9.24. The molecule has 0 saturated heterocycles. The fourth-order valence-corrected chi connectivity index (χ4v) is 1.61. The van der Waals surface area contributed by atoms with Gasteiger partial charge in [-0.2, -0.15) is 11.8 Å². The van der Waals surface area contributed by atoms with Crippen molar-refractivity contribution in [3.63, 3.8) is 0 Å². The molecule has 1 aromatic rings. The molecule has 1 aromatic heterocycles. The average Bonchev–Trinajstić information content (AvgIpc) is 2.28. The second kappa shape index (κ2) is 5.69. The minimum absolute atomic E-state index is 0.0578. The normalized spacial score (nSPS) is 10.2. The number of aromatic nitrogens is 1. The first-order valence-corrected chi connectivity index (χ1v) is 6.11. The smallest absolute Gasteiger partial charge is 0.257 e. The number of thioether (sulfide) groups is 1. The minimum Gasteiger partial charge on any atom is -0.383 e. The number of nitrogens with two attached hydrogens (primary N) is 1. The van der Waals surface area contributed by atoms with E-state index >= 15 is 0 Å². The second-order valence-corrected chi connectivity index (χ2v) is 4.29. The van der Waals surface area contributed by atoms with Crippen LogP contribution in [0.25, 0.3) is 0 Å². The van der Waals surface area contributed by atoms with Crippen LogP contribution in [0, 0.1) is 5.82 Å². The Bertz CT molecular complexity index is 386. The maximum Gasteiger partial charge on any atom is 0.257 e. The van der Waals surface area contributed by atoms with Crippen LogP contribution >= 0.6 is 11.8 Å². The van der Waals surface area contributed by atoms with E-state index in [4.69, 9.17) is 5.73 Å². The van der Waals surface area contributed by atoms with Gasteiger partial charge in [0.05, 0.1) is 11.8 Å². The number of carbonyl (C=O) groups is 1. The third-order valence-electron chi connectivity index (χ3n) is 2.09. The Morgan fingerprint density at radius 2 is 2.38 bits per heavy atom. The molecule has 88 valence electrons. The van der Waals surface area contributed by atoms with Gasteiger partial charge in [-0.15, -0.1) is 0 Å². The van der Waals surface area contributed by atoms with E-state index < -0.39 is 5.82 Å². The third-order valence-corrected chi connectivity index (χ3v) is 2.68. The van der Waals surface area contributed by atoms with Gasteiger partial charge in [-0.25, -0.2) is 9.37 Å². The van der Waals surface area contributed by atoms with Crippen molar-refractivity contribution in [3.8, 4) is 0 Å². The van der Waals surface area contributed by atoms with Crippen molar-refractivity contribution in [1.82, 2.24) is 9.88 Å². The van der Waals surface area contributed by atoms with Crippen LogP contribution in [0.4, 0.5) is 10.2 Å². The van der Waals surface area contributed by atoms with Crippen molar-refractivity contribution >= 4 is 23.5 Å². The molecule has 0 saturated carbocycles. The molecule has 4 nitrogen and oxygen atoms in total. The number of hydrogen-bond acceptors (Lipinski definition) is 4. The van der Waals surface area contributed by atoms with E-state index in [1.807, 2.05) is 6.26 Å². The Hall–Kier alpha value is -1.30. The van der Waals surface area contributed by atoms with Crippen molar-refractivity contribution in [2.45, 2.75) is 0 Å². The van der Waals surface area contributed by atoms with E-state index in [-0.39, 0.29) is 17.3 Å². The summed E-state index contributed by atoms with van der Waals surface area (Å²) in [6.45, 7) is 0.593. The van der Waals surface area contributed by atoms with Gasteiger partial charge in [0, 0.05) is 19.3 Å². The first-order valence-electron chi connectivity index (χ1n) is 4.71. The largest absolute Gasteiger partial charge is 0.383 e. The summed E-state index contributed by atoms with van der Waals surface area (Å²) in [6, 6.07) is 1.11. The Balaban J connectivity index is 2.83. The van der Waals surface area contributed by atoms with Crippen LogP contribution in [0.5, 0.6) is 0 Å². The zero-order chi connectivity index (χ0) is 12.1. The van der Waals surface area contributed by atoms with Gasteiger partial charge < -0.3 is 10.6 Å². The SMILES string of the molecule is CSCCN(C)C(=O)c1cc(F)cnc1N. The van der Waals surface area contributed by atoms with E-state index in [1.54, 1.807) is 18.8 Å². The molecule has 0 aliphatic rings. The molecule has 0 aliphatic carbocycles. The molecule has 0 atom stereocenters. The highest BCUT2D eigenvalue weighted by molar-refractivity contribution is 7.98. The summed E-state index contributed by atoms with van der Waals surface area (Å²) in [5, 5.41) is 0. The second-order valence-electron chi connectivity index (χ2n) is 3.31. The molecule has 0 fully saturated rings. The predicted octanol–water partition coefficient (Wildman–Crippen LogP) is 1.24. The molecular formula is C10H14FN3OS. The summed E-state index contributed by atoms with van der Waals surface area (Å²) in [6.07, 6.45) is 2.95. The zero-order valence-corrected chi connectivity index (χ0v) is 10.1. The molecule has 1 rings (SSSR count). The molecule has 16 heavy (non-hydrogen) atoms. The number of nitrogens with zero attached hydrogens (tertiary/aromatic N) is 2. The summed E-state index contributed by atoms with van der Waals surface area (Å²) in [4.78, 5) is 17.0. The molecular weight excluding hydrogens is 229 g/mol. The average molecular weight is 243 g/mol. The number of pyridine rings is 1. The summed E-state index contributed by atoms with van der Waals surface area (Å²) in [7, 11) is 1.66. The summed E-state index contributed by atoms with van der Waals surface area (Å²) < 4.78 is 12.9. The highest BCUT2D eigenvalue weighted by Crippen LogP contribution is 2.12. The Morgan fingerprint density at radius 3 is 3.00 bits per heavy atom. The Morgan fingerprint density at radius 1 is 1.69 bits per heavy atom. The number of anilines is 1. The number of carbonyl (C=O) groups excluding carboxylic acids is 1. The summed E-state index contributed by atoms with van der Waals surface area (Å²) >= 11 is 1.64. The van der Waals surface area contributed by atoms with Crippen molar-refractivity contribution in [2.75, 3.05) is 31.3 Å². The molecule has 0 radical (unpaired) electrons. The van der Waals surface area contributed by atoms with Crippen molar-refractivity contribution in [3.05, 3.63) is 23.6 Å². The maximum absolute atomic E-state index is 12.9. The van der Waals surface area contributed by atoms with E-state index in [0.717, 1.165) is 18.0 Å². The number of hydrogen-bond donors (Lipinski definition) is 1. The van der Waals surface area contributed by atoms with Gasteiger partial charge in [-0.05, 0) is 12.3 Å². The fourth-order valence-electron chi connectivity index (χ4n) is 1.16. The quantitative estimate of drug-likeness (QED) is 0.864. The number of halogens is 1. The van der Waals surface area contributed by atoms with E-state index in [0.29, 0.717) is 6.54 Å². The lowest BCUT2D eigenvalue weighted by Gasteiger charge is -2.17. The van der Waals surface area contributed by atoms with Gasteiger partial charge in [0.2, 0.25) is 0 Å². The monoisotopic (exact) mass is 243 g/mol. The van der Waals surface area contributed by atoms with Gasteiger partial charge in [-0.3, -0.25) is 4.79 Å². The number of amides is 1. The van der Waals surface area contributed by atoms with Crippen LogP contribution in [0.3, 0.4) is 0 Å². The van der Waals surface area contributed by atoms with Crippen molar-refractivity contribution in [1.29, 1.82) is 0 Å². The fraction of sp³-hybridized carbons (Fsp3) is 0.400. The van der Waals surface area contributed by atoms with Gasteiger partial charge in [-0.1, -0.05) is 0 Å². The lowest BCUT2D eigenvalue weighted by Crippen LogP contribution is -2.29. The van der Waals surface area contributed by atoms with Crippen molar-refractivity contribution < 1.29 is 9.18 Å². The molecule has 0 aromatic carbocycles. The highest BCUT2D eigenvalue weighted by atomic mass is 32.2. The summed E-state index contributed by atoms with van der Waals surface area (Å²) in [5.41, 5.74) is 5.64. The van der Waals surface area contributed by atoms with Crippen LogP contribution in [0.1, 0.15) is 10.4 Å². The molecule has 1 amide bonds. The van der Waals surface area contributed by atoms with Crippen molar-refractivity contribution in [2.24, 2.45) is 0 Å². The van der Waals surface area contributed by atoms with Crippen LogP contribution < -0.4 is 5.73 Å². The van der Waals surface area contributed by atoms with Gasteiger partial charge in [0.1, 0.15) is 11.6 Å². The first kappa shape index (κ1) is 12.8. The molecule has 0 spiro atoms. The Labute approximate surface area is 98.0 Å². The highest BCUT2D eigenvalue weighted by Gasteiger charge is 2.15. The van der Waals surface area contributed by atoms with E-state index in [9.17, 15) is 9.18 Å². The lowest BCUT2D eigenvalue weighted by atomic mass is 10.2. The third kappa shape index (κ3) is 3.10.